The smallest absolute Gasteiger partial charge is 0.0644 e. The number of hydrogen-bond donors (Lipinski definition) is 1. The molecule has 0 aliphatic rings. The van der Waals surface area contributed by atoms with E-state index >= 15 is 0 Å². The van der Waals surface area contributed by atoms with E-state index in [4.69, 9.17) is 0 Å². The molecule has 0 saturated heterocycles. The summed E-state index contributed by atoms with van der Waals surface area (Å²) in [6.07, 6.45) is 2.09. The minimum absolute atomic E-state index is 0.174. The lowest BCUT2D eigenvalue weighted by molar-refractivity contribution is 0.687. The lowest BCUT2D eigenvalue weighted by atomic mass is 9.97. The average Bonchev–Trinajstić information content (AvgIpc) is 2.78. The van der Waals surface area contributed by atoms with Gasteiger partial charge >= 0.3 is 0 Å². The monoisotopic (exact) mass is 265 g/mol. The Morgan fingerprint density at radius 3 is 2.50 bits per heavy atom. The van der Waals surface area contributed by atoms with Crippen LogP contribution in [0.4, 0.5) is 0 Å². The van der Waals surface area contributed by atoms with Crippen LogP contribution in [-0.2, 0) is 7.05 Å². The second-order valence-electron chi connectivity index (χ2n) is 5.17. The molecular formula is C17H19N3. The average molecular weight is 265 g/mol. The van der Waals surface area contributed by atoms with Crippen LogP contribution in [0.3, 0.4) is 0 Å². The highest BCUT2D eigenvalue weighted by atomic mass is 15.3. The van der Waals surface area contributed by atoms with Gasteiger partial charge in [-0.3, -0.25) is 4.68 Å². The predicted octanol–water partition coefficient (Wildman–Crippen LogP) is 3.19. The van der Waals surface area contributed by atoms with Gasteiger partial charge in [0.05, 0.1) is 11.7 Å². The maximum atomic E-state index is 4.44. The van der Waals surface area contributed by atoms with E-state index in [0.29, 0.717) is 0 Å². The third-order valence-electron chi connectivity index (χ3n) is 3.76. The van der Waals surface area contributed by atoms with Crippen molar-refractivity contribution in [1.29, 1.82) is 0 Å². The predicted molar refractivity (Wildman–Crippen MR) is 82.8 cm³/mol. The molecule has 0 saturated carbocycles. The molecule has 0 spiro atoms. The Morgan fingerprint density at radius 1 is 1.10 bits per heavy atom. The molecule has 20 heavy (non-hydrogen) atoms. The van der Waals surface area contributed by atoms with Crippen LogP contribution in [0, 0.1) is 6.92 Å². The SMILES string of the molecule is CNC(c1ccc2ccccc2c1)c1cn(C)nc1C. The number of nitrogens with zero attached hydrogens (tertiary/aromatic N) is 2. The van der Waals surface area contributed by atoms with Crippen molar-refractivity contribution >= 4 is 10.8 Å². The van der Waals surface area contributed by atoms with Crippen LogP contribution in [0.5, 0.6) is 0 Å². The molecule has 0 aliphatic heterocycles. The van der Waals surface area contributed by atoms with Gasteiger partial charge in [-0.25, -0.2) is 0 Å². The molecule has 1 unspecified atom stereocenters. The number of nitrogens with one attached hydrogen (secondary N) is 1. The van der Waals surface area contributed by atoms with Crippen LogP contribution in [0.1, 0.15) is 22.9 Å². The second kappa shape index (κ2) is 5.10. The van der Waals surface area contributed by atoms with Crippen molar-refractivity contribution in [3.05, 3.63) is 65.5 Å². The van der Waals surface area contributed by atoms with E-state index in [0.717, 1.165) is 5.69 Å². The number of rotatable bonds is 3. The molecule has 102 valence electrons. The highest BCUT2D eigenvalue weighted by Gasteiger charge is 2.17. The zero-order valence-electron chi connectivity index (χ0n) is 12.1. The summed E-state index contributed by atoms with van der Waals surface area (Å²) in [5.74, 6) is 0. The van der Waals surface area contributed by atoms with E-state index in [9.17, 15) is 0 Å². The fourth-order valence-corrected chi connectivity index (χ4v) is 2.79. The third kappa shape index (κ3) is 2.21. The molecule has 0 amide bonds. The van der Waals surface area contributed by atoms with Crippen molar-refractivity contribution in [2.45, 2.75) is 13.0 Å². The third-order valence-corrected chi connectivity index (χ3v) is 3.76. The Morgan fingerprint density at radius 2 is 1.85 bits per heavy atom. The molecule has 0 bridgehead atoms. The summed E-state index contributed by atoms with van der Waals surface area (Å²) in [6, 6.07) is 15.2. The van der Waals surface area contributed by atoms with Crippen molar-refractivity contribution < 1.29 is 0 Å². The van der Waals surface area contributed by atoms with Gasteiger partial charge in [-0.1, -0.05) is 36.4 Å². The van der Waals surface area contributed by atoms with Crippen molar-refractivity contribution in [2.24, 2.45) is 7.05 Å². The standard InChI is InChI=1S/C17H19N3/c1-12-16(11-20(3)19-12)17(18-2)15-9-8-13-6-4-5-7-14(13)10-15/h4-11,17-18H,1-3H3. The molecular weight excluding hydrogens is 246 g/mol. The van der Waals surface area contributed by atoms with Gasteiger partial charge in [-0.15, -0.1) is 0 Å². The molecule has 3 heteroatoms. The van der Waals surface area contributed by atoms with Gasteiger partial charge in [-0.2, -0.15) is 5.10 Å². The number of hydrogen-bond acceptors (Lipinski definition) is 2. The highest BCUT2D eigenvalue weighted by molar-refractivity contribution is 5.83. The summed E-state index contributed by atoms with van der Waals surface area (Å²) in [7, 11) is 3.95. The number of fused-ring (bicyclic) bond motifs is 1. The van der Waals surface area contributed by atoms with Crippen LogP contribution in [0.25, 0.3) is 10.8 Å². The first-order valence-electron chi connectivity index (χ1n) is 6.85. The molecule has 1 heterocycles. The zero-order chi connectivity index (χ0) is 14.1. The fraction of sp³-hybridized carbons (Fsp3) is 0.235. The second-order valence-corrected chi connectivity index (χ2v) is 5.17. The van der Waals surface area contributed by atoms with Crippen molar-refractivity contribution in [2.75, 3.05) is 7.05 Å². The fourth-order valence-electron chi connectivity index (χ4n) is 2.79. The summed E-state index contributed by atoms with van der Waals surface area (Å²) in [5.41, 5.74) is 3.56. The van der Waals surface area contributed by atoms with E-state index in [2.05, 4.69) is 66.0 Å². The molecule has 2 aromatic carbocycles. The lowest BCUT2D eigenvalue weighted by Crippen LogP contribution is -2.18. The Labute approximate surface area is 119 Å². The summed E-state index contributed by atoms with van der Waals surface area (Å²) in [4.78, 5) is 0. The van der Waals surface area contributed by atoms with Gasteiger partial charge in [0.15, 0.2) is 0 Å². The van der Waals surface area contributed by atoms with Crippen LogP contribution in [0.2, 0.25) is 0 Å². The molecule has 1 atom stereocenters. The number of aromatic nitrogens is 2. The van der Waals surface area contributed by atoms with Gasteiger partial charge in [0.25, 0.3) is 0 Å². The highest BCUT2D eigenvalue weighted by Crippen LogP contribution is 2.26. The molecule has 0 radical (unpaired) electrons. The van der Waals surface area contributed by atoms with Crippen LogP contribution in [0.15, 0.2) is 48.7 Å². The van der Waals surface area contributed by atoms with E-state index in [1.807, 2.05) is 18.8 Å². The lowest BCUT2D eigenvalue weighted by Gasteiger charge is -2.16. The van der Waals surface area contributed by atoms with Gasteiger partial charge in [-0.05, 0) is 36.4 Å². The molecule has 3 aromatic rings. The summed E-state index contributed by atoms with van der Waals surface area (Å²) in [6.45, 7) is 2.06. The molecule has 3 rings (SSSR count). The van der Waals surface area contributed by atoms with Crippen LogP contribution in [-0.4, -0.2) is 16.8 Å². The summed E-state index contributed by atoms with van der Waals surface area (Å²) < 4.78 is 1.87. The maximum Gasteiger partial charge on any atom is 0.0644 e. The largest absolute Gasteiger partial charge is 0.309 e. The summed E-state index contributed by atoms with van der Waals surface area (Å²) >= 11 is 0. The van der Waals surface area contributed by atoms with Crippen LogP contribution < -0.4 is 5.32 Å². The van der Waals surface area contributed by atoms with E-state index in [1.54, 1.807) is 0 Å². The summed E-state index contributed by atoms with van der Waals surface area (Å²) in [5, 5.41) is 10.4. The Hall–Kier alpha value is -2.13. The van der Waals surface area contributed by atoms with Gasteiger partial charge in [0.1, 0.15) is 0 Å². The van der Waals surface area contributed by atoms with Gasteiger partial charge in [0.2, 0.25) is 0 Å². The topological polar surface area (TPSA) is 29.9 Å². The van der Waals surface area contributed by atoms with Crippen molar-refractivity contribution in [3.8, 4) is 0 Å². The maximum absolute atomic E-state index is 4.44. The molecule has 0 aliphatic carbocycles. The zero-order valence-corrected chi connectivity index (χ0v) is 12.1. The van der Waals surface area contributed by atoms with Gasteiger partial charge < -0.3 is 5.32 Å². The molecule has 1 N–H and O–H groups in total. The minimum Gasteiger partial charge on any atom is -0.309 e. The quantitative estimate of drug-likeness (QED) is 0.788. The Balaban J connectivity index is 2.09. The van der Waals surface area contributed by atoms with E-state index in [1.165, 1.54) is 21.9 Å². The first kappa shape index (κ1) is 12.9. The first-order chi connectivity index (χ1) is 9.69. The van der Waals surface area contributed by atoms with Crippen molar-refractivity contribution in [3.63, 3.8) is 0 Å². The Kier molecular flexibility index (Phi) is 3.28. The Bertz CT molecular complexity index is 743. The normalized spacial score (nSPS) is 12.8. The van der Waals surface area contributed by atoms with E-state index in [-0.39, 0.29) is 6.04 Å². The minimum atomic E-state index is 0.174. The van der Waals surface area contributed by atoms with E-state index < -0.39 is 0 Å². The van der Waals surface area contributed by atoms with Crippen LogP contribution >= 0.6 is 0 Å². The molecule has 1 aromatic heterocycles. The number of benzene rings is 2. The first-order valence-corrected chi connectivity index (χ1v) is 6.85. The number of aryl methyl sites for hydroxylation is 2. The molecule has 3 nitrogen and oxygen atoms in total. The molecule has 0 fully saturated rings. The van der Waals surface area contributed by atoms with Crippen molar-refractivity contribution in [1.82, 2.24) is 15.1 Å². The van der Waals surface area contributed by atoms with Gasteiger partial charge in [0, 0.05) is 18.8 Å².